The Morgan fingerprint density at radius 1 is 1.06 bits per heavy atom. The number of hydrogen-bond acceptors (Lipinski definition) is 5. The molecule has 188 valence electrons. The van der Waals surface area contributed by atoms with Gasteiger partial charge in [0.05, 0.1) is 6.10 Å². The molecule has 36 heavy (non-hydrogen) atoms. The van der Waals surface area contributed by atoms with Crippen LogP contribution in [0, 0.1) is 39.9 Å². The molecule has 5 nitrogen and oxygen atoms in total. The van der Waals surface area contributed by atoms with Crippen molar-refractivity contribution in [3.63, 3.8) is 0 Å². The maximum Gasteiger partial charge on any atom is 0.142 e. The van der Waals surface area contributed by atoms with Crippen molar-refractivity contribution in [1.82, 2.24) is 4.98 Å². The van der Waals surface area contributed by atoms with Crippen LogP contribution in [0.4, 0.5) is 5.82 Å². The van der Waals surface area contributed by atoms with Crippen molar-refractivity contribution in [3.05, 3.63) is 53.2 Å². The summed E-state index contributed by atoms with van der Waals surface area (Å²) in [6.07, 6.45) is 11.1. The maximum absolute atomic E-state index is 10.3. The van der Waals surface area contributed by atoms with E-state index in [1.54, 1.807) is 12.1 Å². The van der Waals surface area contributed by atoms with Crippen LogP contribution in [0.1, 0.15) is 82.4 Å². The SMILES string of the molecule is C[C@]12CC[C@H]3[C@@H](CC=C4C[C@@H](O)CC[C@@]43C)[C@@H]1CC[C@@H]2c1cc(-c2ccc(O)cc2)c(C#N)c(N)n1. The zero-order chi connectivity index (χ0) is 25.2. The topological polar surface area (TPSA) is 103 Å². The van der Waals surface area contributed by atoms with Gasteiger partial charge in [-0.25, -0.2) is 4.98 Å². The van der Waals surface area contributed by atoms with Crippen LogP contribution in [0.25, 0.3) is 11.1 Å². The number of fused-ring (bicyclic) bond motifs is 5. The highest BCUT2D eigenvalue weighted by Gasteiger charge is 2.59. The van der Waals surface area contributed by atoms with E-state index in [-0.39, 0.29) is 22.7 Å². The zero-order valence-corrected chi connectivity index (χ0v) is 21.4. The smallest absolute Gasteiger partial charge is 0.142 e. The Morgan fingerprint density at radius 2 is 1.83 bits per heavy atom. The number of nitriles is 1. The van der Waals surface area contributed by atoms with Crippen LogP contribution in [-0.4, -0.2) is 21.3 Å². The minimum absolute atomic E-state index is 0.164. The van der Waals surface area contributed by atoms with Gasteiger partial charge in [0, 0.05) is 17.2 Å². The third kappa shape index (κ3) is 3.41. The van der Waals surface area contributed by atoms with Crippen molar-refractivity contribution >= 4 is 5.82 Å². The Kier molecular flexibility index (Phi) is 5.46. The Labute approximate surface area is 214 Å². The highest BCUT2D eigenvalue weighted by molar-refractivity contribution is 5.76. The van der Waals surface area contributed by atoms with E-state index >= 15 is 0 Å². The van der Waals surface area contributed by atoms with Gasteiger partial charge in [-0.15, -0.1) is 0 Å². The van der Waals surface area contributed by atoms with Gasteiger partial charge in [-0.3, -0.25) is 0 Å². The molecule has 1 heterocycles. The number of aliphatic hydroxyl groups excluding tert-OH is 1. The van der Waals surface area contributed by atoms with Gasteiger partial charge in [-0.05, 0) is 104 Å². The monoisotopic (exact) mass is 483 g/mol. The molecule has 0 unspecified atom stereocenters. The lowest BCUT2D eigenvalue weighted by Gasteiger charge is -2.58. The Hall–Kier alpha value is -2.84. The van der Waals surface area contributed by atoms with Gasteiger partial charge in [-0.1, -0.05) is 37.6 Å². The second-order valence-corrected chi connectivity index (χ2v) is 12.3. The van der Waals surface area contributed by atoms with Gasteiger partial charge in [0.15, 0.2) is 0 Å². The summed E-state index contributed by atoms with van der Waals surface area (Å²) in [5.74, 6) is 2.86. The number of rotatable bonds is 2. The average Bonchev–Trinajstić information content (AvgIpc) is 3.22. The standard InChI is InChI=1S/C31H37N3O2/c1-30-13-11-21(36)15-19(30)5-8-22-25-9-10-27(31(25,2)14-12-26(22)30)28-16-23(24(17-32)29(33)34-28)18-3-6-20(35)7-4-18/h3-7,16,21-22,25-27,35-36H,8-15H2,1-2H3,(H2,33,34)/t21-,22-,25-,26-,27+,30-,31-/m0/s1. The molecule has 1 aromatic carbocycles. The highest BCUT2D eigenvalue weighted by Crippen LogP contribution is 2.68. The van der Waals surface area contributed by atoms with Gasteiger partial charge in [0.2, 0.25) is 0 Å². The number of nitrogens with two attached hydrogens (primary N) is 1. The maximum atomic E-state index is 10.3. The first kappa shape index (κ1) is 23.6. The van der Waals surface area contributed by atoms with Gasteiger partial charge < -0.3 is 15.9 Å². The Bertz CT molecular complexity index is 1260. The summed E-state index contributed by atoms with van der Waals surface area (Å²) in [6.45, 7) is 4.96. The first-order chi connectivity index (χ1) is 17.2. The number of allylic oxidation sites excluding steroid dienone is 1. The zero-order valence-electron chi connectivity index (χ0n) is 21.4. The molecule has 4 aliphatic carbocycles. The van der Waals surface area contributed by atoms with Gasteiger partial charge in [0.25, 0.3) is 0 Å². The normalized spacial score (nSPS) is 37.3. The van der Waals surface area contributed by atoms with Crippen molar-refractivity contribution in [3.8, 4) is 22.9 Å². The summed E-state index contributed by atoms with van der Waals surface area (Å²) < 4.78 is 0. The summed E-state index contributed by atoms with van der Waals surface area (Å²) in [4.78, 5) is 4.82. The molecule has 5 heteroatoms. The van der Waals surface area contributed by atoms with Crippen LogP contribution < -0.4 is 5.73 Å². The van der Waals surface area contributed by atoms with Crippen molar-refractivity contribution < 1.29 is 10.2 Å². The first-order valence-corrected chi connectivity index (χ1v) is 13.6. The molecule has 0 radical (unpaired) electrons. The quantitative estimate of drug-likeness (QED) is 0.434. The number of phenolic OH excluding ortho intramolecular Hbond substituents is 1. The molecular formula is C31H37N3O2. The summed E-state index contributed by atoms with van der Waals surface area (Å²) in [5, 5.41) is 29.9. The molecule has 7 atom stereocenters. The van der Waals surface area contributed by atoms with Crippen LogP contribution in [0.2, 0.25) is 0 Å². The van der Waals surface area contributed by atoms with E-state index in [0.717, 1.165) is 48.9 Å². The van der Waals surface area contributed by atoms with Crippen LogP contribution in [0.3, 0.4) is 0 Å². The Morgan fingerprint density at radius 3 is 2.58 bits per heavy atom. The third-order valence-corrected chi connectivity index (χ3v) is 10.8. The number of nitrogens with zero attached hydrogens (tertiary/aromatic N) is 2. The van der Waals surface area contributed by atoms with Gasteiger partial charge >= 0.3 is 0 Å². The number of aliphatic hydroxyl groups is 1. The molecule has 0 saturated heterocycles. The molecule has 0 spiro atoms. The second kappa shape index (κ2) is 8.35. The molecule has 4 aliphatic rings. The van der Waals surface area contributed by atoms with Crippen LogP contribution in [0.15, 0.2) is 42.0 Å². The fraction of sp³-hybridized carbons (Fsp3) is 0.548. The van der Waals surface area contributed by atoms with E-state index < -0.39 is 0 Å². The summed E-state index contributed by atoms with van der Waals surface area (Å²) in [5.41, 5.74) is 11.4. The highest BCUT2D eigenvalue weighted by atomic mass is 16.3. The van der Waals surface area contributed by atoms with E-state index in [1.165, 1.54) is 24.8 Å². The molecule has 1 aromatic heterocycles. The third-order valence-electron chi connectivity index (χ3n) is 10.8. The predicted molar refractivity (Wildman–Crippen MR) is 141 cm³/mol. The van der Waals surface area contributed by atoms with E-state index in [2.05, 4.69) is 32.1 Å². The van der Waals surface area contributed by atoms with E-state index in [4.69, 9.17) is 10.7 Å². The fourth-order valence-corrected chi connectivity index (χ4v) is 8.88. The Balaban J connectivity index is 1.35. The molecule has 3 fully saturated rings. The lowest BCUT2D eigenvalue weighted by molar-refractivity contribution is -0.0412. The number of benzene rings is 1. The summed E-state index contributed by atoms with van der Waals surface area (Å²) in [7, 11) is 0. The molecule has 0 amide bonds. The molecule has 6 rings (SSSR count). The van der Waals surface area contributed by atoms with E-state index in [0.29, 0.717) is 35.1 Å². The number of phenols is 1. The first-order valence-electron chi connectivity index (χ1n) is 13.6. The van der Waals surface area contributed by atoms with E-state index in [9.17, 15) is 15.5 Å². The number of anilines is 1. The number of aromatic nitrogens is 1. The van der Waals surface area contributed by atoms with Crippen LogP contribution >= 0.6 is 0 Å². The number of aromatic hydroxyl groups is 1. The molecule has 0 aliphatic heterocycles. The largest absolute Gasteiger partial charge is 0.508 e. The second-order valence-electron chi connectivity index (χ2n) is 12.3. The van der Waals surface area contributed by atoms with Gasteiger partial charge in [0.1, 0.15) is 23.2 Å². The van der Waals surface area contributed by atoms with Crippen molar-refractivity contribution in [2.24, 2.45) is 28.6 Å². The summed E-state index contributed by atoms with van der Waals surface area (Å²) >= 11 is 0. The minimum atomic E-state index is -0.165. The van der Waals surface area contributed by atoms with Gasteiger partial charge in [-0.2, -0.15) is 5.26 Å². The average molecular weight is 484 g/mol. The van der Waals surface area contributed by atoms with Crippen molar-refractivity contribution in [2.75, 3.05) is 5.73 Å². The predicted octanol–water partition coefficient (Wildman–Crippen LogP) is 6.32. The van der Waals surface area contributed by atoms with Crippen molar-refractivity contribution in [1.29, 1.82) is 5.26 Å². The minimum Gasteiger partial charge on any atom is -0.508 e. The summed E-state index contributed by atoms with van der Waals surface area (Å²) in [6, 6.07) is 11.3. The molecule has 0 bridgehead atoms. The molecular weight excluding hydrogens is 446 g/mol. The lowest BCUT2D eigenvalue weighted by Crippen LogP contribution is -2.50. The molecule has 2 aromatic rings. The molecule has 3 saturated carbocycles. The van der Waals surface area contributed by atoms with Crippen molar-refractivity contribution in [2.45, 2.75) is 77.2 Å². The fourth-order valence-electron chi connectivity index (χ4n) is 8.88. The number of nitrogen functional groups attached to an aromatic ring is 1. The van der Waals surface area contributed by atoms with Crippen LogP contribution in [0.5, 0.6) is 5.75 Å². The van der Waals surface area contributed by atoms with E-state index in [1.807, 2.05) is 12.1 Å². The lowest BCUT2D eigenvalue weighted by atomic mass is 9.47. The number of hydrogen-bond donors (Lipinski definition) is 3. The van der Waals surface area contributed by atoms with Crippen LogP contribution in [-0.2, 0) is 0 Å². The number of pyridine rings is 1. The molecule has 4 N–H and O–H groups in total.